The number of nitrogens with zero attached hydrogens (tertiary/aromatic N) is 5. The van der Waals surface area contributed by atoms with Gasteiger partial charge in [0.2, 0.25) is 5.96 Å². The van der Waals surface area contributed by atoms with E-state index in [1.807, 2.05) is 18.0 Å². The number of fused-ring (bicyclic) bond motifs is 3. The van der Waals surface area contributed by atoms with E-state index >= 15 is 0 Å². The predicted molar refractivity (Wildman–Crippen MR) is 96.1 cm³/mol. The number of carbonyl (C=O) groups is 2. The minimum atomic E-state index is -0.651. The molecule has 1 saturated heterocycles. The van der Waals surface area contributed by atoms with Crippen LogP contribution in [0.3, 0.4) is 0 Å². The summed E-state index contributed by atoms with van der Waals surface area (Å²) in [5.41, 5.74) is 1.57. The van der Waals surface area contributed by atoms with E-state index < -0.39 is 18.2 Å². The Balaban J connectivity index is 1.68. The Morgan fingerprint density at radius 3 is 2.59 bits per heavy atom. The van der Waals surface area contributed by atoms with Crippen molar-refractivity contribution in [2.75, 3.05) is 25.1 Å². The maximum Gasteiger partial charge on any atom is 0.328 e. The van der Waals surface area contributed by atoms with Gasteiger partial charge in [0, 0.05) is 37.8 Å². The molecule has 27 heavy (non-hydrogen) atoms. The standard InChI is InChI=1S/C18H20FN5O3/c1-11-10-23-14-15(21(2)18(27)22(16(14)26)8-3-9-25)20-17(23)24(11)13-6-4-12(19)5-7-13/h4-7,10,14-15,25H,3,8-9H2,1-2H3. The minimum Gasteiger partial charge on any atom is -0.396 e. The maximum absolute atomic E-state index is 13.3. The highest BCUT2D eigenvalue weighted by Crippen LogP contribution is 2.36. The summed E-state index contributed by atoms with van der Waals surface area (Å²) in [6.45, 7) is 1.94. The van der Waals surface area contributed by atoms with Gasteiger partial charge in [-0.2, -0.15) is 0 Å². The lowest BCUT2D eigenvalue weighted by Crippen LogP contribution is -2.64. The van der Waals surface area contributed by atoms with Gasteiger partial charge in [-0.25, -0.2) is 14.2 Å². The lowest BCUT2D eigenvalue weighted by atomic mass is 10.1. The molecule has 0 spiro atoms. The fourth-order valence-electron chi connectivity index (χ4n) is 3.70. The Labute approximate surface area is 155 Å². The molecule has 1 fully saturated rings. The van der Waals surface area contributed by atoms with Gasteiger partial charge < -0.3 is 14.9 Å². The molecule has 3 amide bonds. The van der Waals surface area contributed by atoms with Crippen LogP contribution in [-0.4, -0.2) is 70.1 Å². The highest BCUT2D eigenvalue weighted by Gasteiger charge is 2.54. The van der Waals surface area contributed by atoms with Crippen LogP contribution in [0.5, 0.6) is 0 Å². The molecule has 3 aliphatic rings. The number of halogens is 1. The Morgan fingerprint density at radius 1 is 1.22 bits per heavy atom. The van der Waals surface area contributed by atoms with Crippen LogP contribution in [-0.2, 0) is 4.79 Å². The molecule has 3 heterocycles. The van der Waals surface area contributed by atoms with E-state index in [-0.39, 0.29) is 24.9 Å². The molecule has 1 aromatic carbocycles. The van der Waals surface area contributed by atoms with Crippen molar-refractivity contribution in [2.45, 2.75) is 25.6 Å². The predicted octanol–water partition coefficient (Wildman–Crippen LogP) is 1.15. The first-order valence-corrected chi connectivity index (χ1v) is 8.73. The van der Waals surface area contributed by atoms with Gasteiger partial charge in [0.05, 0.1) is 0 Å². The average molecular weight is 373 g/mol. The Hall–Kier alpha value is -2.94. The molecule has 9 heteroatoms. The van der Waals surface area contributed by atoms with E-state index in [4.69, 9.17) is 5.11 Å². The van der Waals surface area contributed by atoms with Gasteiger partial charge in [0.15, 0.2) is 12.2 Å². The molecule has 2 atom stereocenters. The fourth-order valence-corrected chi connectivity index (χ4v) is 3.70. The normalized spacial score (nSPS) is 24.3. The number of rotatable bonds is 4. The molecule has 1 N–H and O–H groups in total. The van der Waals surface area contributed by atoms with Crippen molar-refractivity contribution in [1.29, 1.82) is 0 Å². The summed E-state index contributed by atoms with van der Waals surface area (Å²) in [5.74, 6) is -0.134. The largest absolute Gasteiger partial charge is 0.396 e. The number of guanidine groups is 1. The molecular formula is C18H20FN5O3. The number of hydrogen-bond acceptors (Lipinski definition) is 6. The highest BCUT2D eigenvalue weighted by molar-refractivity contribution is 6.09. The molecule has 142 valence electrons. The minimum absolute atomic E-state index is 0.0995. The molecule has 0 aromatic heterocycles. The van der Waals surface area contributed by atoms with Gasteiger partial charge in [-0.05, 0) is 37.6 Å². The number of hydrogen-bond donors (Lipinski definition) is 1. The zero-order valence-corrected chi connectivity index (χ0v) is 15.0. The van der Waals surface area contributed by atoms with Crippen LogP contribution in [0.2, 0.25) is 0 Å². The lowest BCUT2D eigenvalue weighted by molar-refractivity contribution is -0.136. The molecule has 3 aliphatic heterocycles. The lowest BCUT2D eigenvalue weighted by Gasteiger charge is -2.40. The van der Waals surface area contributed by atoms with Gasteiger partial charge in [-0.15, -0.1) is 0 Å². The second kappa shape index (κ2) is 6.34. The smallest absolute Gasteiger partial charge is 0.328 e. The van der Waals surface area contributed by atoms with Gasteiger partial charge in [-0.1, -0.05) is 0 Å². The van der Waals surface area contributed by atoms with Crippen molar-refractivity contribution < 1.29 is 19.1 Å². The molecule has 0 bridgehead atoms. The third-order valence-electron chi connectivity index (χ3n) is 5.01. The van der Waals surface area contributed by atoms with Crippen molar-refractivity contribution in [3.05, 3.63) is 42.0 Å². The van der Waals surface area contributed by atoms with Gasteiger partial charge >= 0.3 is 6.03 Å². The Kier molecular flexibility index (Phi) is 4.11. The number of benzene rings is 1. The van der Waals surface area contributed by atoms with E-state index in [1.165, 1.54) is 21.9 Å². The second-order valence-corrected chi connectivity index (χ2v) is 6.74. The molecule has 0 aliphatic carbocycles. The number of allylic oxidation sites excluding steroid dienone is 1. The monoisotopic (exact) mass is 373 g/mol. The second-order valence-electron chi connectivity index (χ2n) is 6.74. The average Bonchev–Trinajstić information content (AvgIpc) is 3.15. The van der Waals surface area contributed by atoms with Gasteiger partial charge in [0.1, 0.15) is 5.82 Å². The number of amides is 3. The first kappa shape index (κ1) is 17.5. The summed E-state index contributed by atoms with van der Waals surface area (Å²) >= 11 is 0. The number of aliphatic hydroxyl groups excluding tert-OH is 1. The van der Waals surface area contributed by atoms with Crippen LogP contribution >= 0.6 is 0 Å². The summed E-state index contributed by atoms with van der Waals surface area (Å²) in [5, 5.41) is 9.05. The first-order valence-electron chi connectivity index (χ1n) is 8.73. The van der Waals surface area contributed by atoms with Crippen molar-refractivity contribution in [3.63, 3.8) is 0 Å². The van der Waals surface area contributed by atoms with Crippen LogP contribution in [0.4, 0.5) is 14.9 Å². The van der Waals surface area contributed by atoms with Crippen LogP contribution < -0.4 is 4.90 Å². The number of aliphatic imine (C=N–C) groups is 1. The van der Waals surface area contributed by atoms with E-state index in [0.717, 1.165) is 11.4 Å². The summed E-state index contributed by atoms with van der Waals surface area (Å²) in [6.07, 6.45) is 1.52. The summed E-state index contributed by atoms with van der Waals surface area (Å²) in [6, 6.07) is 4.95. The zero-order valence-electron chi connectivity index (χ0n) is 15.0. The maximum atomic E-state index is 13.3. The van der Waals surface area contributed by atoms with Crippen molar-refractivity contribution in [1.82, 2.24) is 14.7 Å². The topological polar surface area (TPSA) is 79.7 Å². The van der Waals surface area contributed by atoms with Crippen LogP contribution in [0.25, 0.3) is 0 Å². The number of anilines is 1. The SMILES string of the molecule is CC1=CN2C(=NC3C2C(=O)N(CCCO)C(=O)N3C)N1c1ccc(F)cc1. The van der Waals surface area contributed by atoms with Crippen LogP contribution in [0, 0.1) is 5.82 Å². The number of urea groups is 1. The molecule has 1 aromatic rings. The van der Waals surface area contributed by atoms with Crippen molar-refractivity contribution in [2.24, 2.45) is 4.99 Å². The molecule has 0 saturated carbocycles. The van der Waals surface area contributed by atoms with Crippen molar-refractivity contribution in [3.8, 4) is 0 Å². The quantitative estimate of drug-likeness (QED) is 0.857. The van der Waals surface area contributed by atoms with Crippen molar-refractivity contribution >= 4 is 23.6 Å². The fraction of sp³-hybridized carbons (Fsp3) is 0.389. The number of aliphatic hydroxyl groups is 1. The first-order chi connectivity index (χ1) is 12.9. The van der Waals surface area contributed by atoms with Gasteiger partial charge in [0.25, 0.3) is 5.91 Å². The van der Waals surface area contributed by atoms with Crippen LogP contribution in [0.1, 0.15) is 13.3 Å². The zero-order chi connectivity index (χ0) is 19.3. The molecule has 0 radical (unpaired) electrons. The van der Waals surface area contributed by atoms with Crippen LogP contribution in [0.15, 0.2) is 41.2 Å². The van der Waals surface area contributed by atoms with Gasteiger partial charge in [-0.3, -0.25) is 14.6 Å². The number of likely N-dealkylation sites (N-methyl/N-ethyl adjacent to an activating group) is 1. The third-order valence-corrected chi connectivity index (χ3v) is 5.01. The number of imide groups is 1. The molecule has 8 nitrogen and oxygen atoms in total. The summed E-state index contributed by atoms with van der Waals surface area (Å²) < 4.78 is 13.3. The summed E-state index contributed by atoms with van der Waals surface area (Å²) in [4.78, 5) is 36.4. The molecule has 2 unspecified atom stereocenters. The Bertz CT molecular complexity index is 853. The Morgan fingerprint density at radius 2 is 1.93 bits per heavy atom. The number of carbonyl (C=O) groups excluding carboxylic acids is 2. The van der Waals surface area contributed by atoms with E-state index in [1.54, 1.807) is 24.1 Å². The molecule has 4 rings (SSSR count). The third kappa shape index (κ3) is 2.57. The van der Waals surface area contributed by atoms with E-state index in [0.29, 0.717) is 12.4 Å². The summed E-state index contributed by atoms with van der Waals surface area (Å²) in [7, 11) is 1.61. The van der Waals surface area contributed by atoms with E-state index in [2.05, 4.69) is 4.99 Å². The highest BCUT2D eigenvalue weighted by atomic mass is 19.1. The molecular weight excluding hydrogens is 353 g/mol. The van der Waals surface area contributed by atoms with E-state index in [9.17, 15) is 14.0 Å².